The molecule has 26 heavy (non-hydrogen) atoms. The van der Waals surface area contributed by atoms with Crippen molar-refractivity contribution in [2.45, 2.75) is 11.8 Å². The van der Waals surface area contributed by atoms with Crippen molar-refractivity contribution in [3.8, 4) is 5.75 Å². The van der Waals surface area contributed by atoms with Gasteiger partial charge in [0.15, 0.2) is 5.78 Å². The van der Waals surface area contributed by atoms with Crippen LogP contribution in [0.3, 0.4) is 0 Å². The van der Waals surface area contributed by atoms with E-state index < -0.39 is 15.9 Å². The summed E-state index contributed by atoms with van der Waals surface area (Å²) in [6.45, 7) is 0.987. The summed E-state index contributed by atoms with van der Waals surface area (Å²) in [4.78, 5) is 23.6. The Labute approximate surface area is 152 Å². The first-order valence-electron chi connectivity index (χ1n) is 7.75. The Kier molecular flexibility index (Phi) is 6.12. The molecule has 0 spiro atoms. The molecule has 0 aliphatic rings. The van der Waals surface area contributed by atoms with Gasteiger partial charge in [0, 0.05) is 24.4 Å². The van der Waals surface area contributed by atoms with Crippen LogP contribution in [0, 0.1) is 0 Å². The zero-order valence-electron chi connectivity index (χ0n) is 14.7. The summed E-state index contributed by atoms with van der Waals surface area (Å²) >= 11 is 0. The molecule has 0 saturated carbocycles. The Hall–Kier alpha value is -2.71. The quantitative estimate of drug-likeness (QED) is 0.748. The molecule has 0 bridgehead atoms. The lowest BCUT2D eigenvalue weighted by molar-refractivity contribution is -0.116. The Morgan fingerprint density at radius 2 is 1.81 bits per heavy atom. The zero-order valence-corrected chi connectivity index (χ0v) is 15.5. The molecule has 0 heterocycles. The number of benzene rings is 2. The van der Waals surface area contributed by atoms with Crippen molar-refractivity contribution < 1.29 is 22.7 Å². The van der Waals surface area contributed by atoms with Gasteiger partial charge in [-0.3, -0.25) is 9.59 Å². The highest BCUT2D eigenvalue weighted by Gasteiger charge is 2.23. The Morgan fingerprint density at radius 1 is 1.12 bits per heavy atom. The summed E-state index contributed by atoms with van der Waals surface area (Å²) in [6.07, 6.45) is 0. The van der Waals surface area contributed by atoms with E-state index in [1.807, 2.05) is 0 Å². The van der Waals surface area contributed by atoms with Crippen LogP contribution >= 0.6 is 0 Å². The van der Waals surface area contributed by atoms with Crippen LogP contribution in [0.25, 0.3) is 0 Å². The van der Waals surface area contributed by atoms with Crippen LogP contribution < -0.4 is 10.1 Å². The van der Waals surface area contributed by atoms with E-state index in [4.69, 9.17) is 4.74 Å². The largest absolute Gasteiger partial charge is 0.497 e. The maximum atomic E-state index is 12.6. The van der Waals surface area contributed by atoms with Crippen LogP contribution in [0.5, 0.6) is 5.75 Å². The molecule has 0 aliphatic heterocycles. The molecule has 0 fully saturated rings. The Balaban J connectivity index is 2.12. The number of anilines is 1. The van der Waals surface area contributed by atoms with E-state index in [2.05, 4.69) is 5.32 Å². The third-order valence-corrected chi connectivity index (χ3v) is 5.47. The number of nitrogens with one attached hydrogen (secondary N) is 1. The van der Waals surface area contributed by atoms with Gasteiger partial charge in [0.25, 0.3) is 0 Å². The topological polar surface area (TPSA) is 92.8 Å². The second kappa shape index (κ2) is 8.11. The minimum Gasteiger partial charge on any atom is -0.497 e. The first-order valence-corrected chi connectivity index (χ1v) is 9.19. The lowest BCUT2D eigenvalue weighted by atomic mass is 10.2. The number of methoxy groups -OCH3 is 1. The van der Waals surface area contributed by atoms with Gasteiger partial charge in [0.2, 0.25) is 15.9 Å². The lowest BCUT2D eigenvalue weighted by Crippen LogP contribution is -2.35. The van der Waals surface area contributed by atoms with Crippen molar-refractivity contribution in [2.24, 2.45) is 0 Å². The summed E-state index contributed by atoms with van der Waals surface area (Å²) in [7, 11) is -1.08. The molecule has 1 N–H and O–H groups in total. The average molecular weight is 376 g/mol. The number of ketones is 1. The molecule has 0 atom stereocenters. The molecule has 0 aliphatic carbocycles. The predicted molar refractivity (Wildman–Crippen MR) is 97.9 cm³/mol. The van der Waals surface area contributed by atoms with Crippen LogP contribution in [-0.4, -0.2) is 45.1 Å². The van der Waals surface area contributed by atoms with Gasteiger partial charge in [-0.1, -0.05) is 18.2 Å². The molecule has 0 radical (unpaired) electrons. The maximum absolute atomic E-state index is 12.6. The third-order valence-electron chi connectivity index (χ3n) is 3.67. The SMILES string of the molecule is COc1cccc(NC(=O)CN(C)S(=O)(=O)c2cccc(C(C)=O)c2)c1. The summed E-state index contributed by atoms with van der Waals surface area (Å²) < 4.78 is 31.2. The molecular weight excluding hydrogens is 356 g/mol. The van der Waals surface area contributed by atoms with Crippen LogP contribution in [0.2, 0.25) is 0 Å². The summed E-state index contributed by atoms with van der Waals surface area (Å²) in [6, 6.07) is 12.5. The zero-order chi connectivity index (χ0) is 19.3. The highest BCUT2D eigenvalue weighted by atomic mass is 32.2. The highest BCUT2D eigenvalue weighted by molar-refractivity contribution is 7.89. The second-order valence-electron chi connectivity index (χ2n) is 5.63. The lowest BCUT2D eigenvalue weighted by Gasteiger charge is -2.17. The number of amides is 1. The van der Waals surface area contributed by atoms with E-state index in [-0.39, 0.29) is 17.2 Å². The molecule has 0 aromatic heterocycles. The molecular formula is C18H20N2O5S. The number of hydrogen-bond donors (Lipinski definition) is 1. The van der Waals surface area contributed by atoms with E-state index in [0.29, 0.717) is 17.0 Å². The van der Waals surface area contributed by atoms with Crippen molar-refractivity contribution in [1.29, 1.82) is 0 Å². The van der Waals surface area contributed by atoms with Gasteiger partial charge in [-0.25, -0.2) is 8.42 Å². The van der Waals surface area contributed by atoms with Gasteiger partial charge in [0.1, 0.15) is 5.75 Å². The number of Topliss-reactive ketones (excluding diaryl/α,β-unsaturated/α-hetero) is 1. The standard InChI is InChI=1S/C18H20N2O5S/c1-13(21)14-6-4-9-17(10-14)26(23,24)20(2)12-18(22)19-15-7-5-8-16(11-15)25-3/h4-11H,12H2,1-3H3,(H,19,22). The molecule has 2 aromatic carbocycles. The first-order chi connectivity index (χ1) is 12.2. The smallest absolute Gasteiger partial charge is 0.243 e. The number of likely N-dealkylation sites (N-methyl/N-ethyl adjacent to an activating group) is 1. The van der Waals surface area contributed by atoms with Crippen molar-refractivity contribution in [3.05, 3.63) is 54.1 Å². The normalized spacial score (nSPS) is 11.2. The van der Waals surface area contributed by atoms with Gasteiger partial charge in [-0.05, 0) is 31.2 Å². The van der Waals surface area contributed by atoms with Crippen LogP contribution in [0.4, 0.5) is 5.69 Å². The van der Waals surface area contributed by atoms with E-state index in [1.165, 1.54) is 45.3 Å². The third kappa shape index (κ3) is 4.68. The molecule has 8 heteroatoms. The number of nitrogens with zero attached hydrogens (tertiary/aromatic N) is 1. The van der Waals surface area contributed by atoms with Gasteiger partial charge >= 0.3 is 0 Å². The average Bonchev–Trinajstić information content (AvgIpc) is 2.61. The highest BCUT2D eigenvalue weighted by Crippen LogP contribution is 2.18. The summed E-state index contributed by atoms with van der Waals surface area (Å²) in [5.74, 6) is -0.155. The van der Waals surface area contributed by atoms with Crippen molar-refractivity contribution in [1.82, 2.24) is 4.31 Å². The number of sulfonamides is 1. The van der Waals surface area contributed by atoms with Gasteiger partial charge in [-0.15, -0.1) is 0 Å². The van der Waals surface area contributed by atoms with Crippen molar-refractivity contribution >= 4 is 27.4 Å². The predicted octanol–water partition coefficient (Wildman–Crippen LogP) is 2.16. The monoisotopic (exact) mass is 376 g/mol. The Morgan fingerprint density at radius 3 is 2.46 bits per heavy atom. The molecule has 0 unspecified atom stereocenters. The molecule has 2 aromatic rings. The molecule has 7 nitrogen and oxygen atoms in total. The molecule has 1 amide bonds. The second-order valence-corrected chi connectivity index (χ2v) is 7.67. The van der Waals surface area contributed by atoms with Gasteiger partial charge in [0.05, 0.1) is 18.6 Å². The minimum absolute atomic E-state index is 0.0399. The molecule has 138 valence electrons. The Bertz CT molecular complexity index is 925. The first kappa shape index (κ1) is 19.6. The van der Waals surface area contributed by atoms with Gasteiger partial charge in [-0.2, -0.15) is 4.31 Å². The van der Waals surface area contributed by atoms with Crippen LogP contribution in [0.15, 0.2) is 53.4 Å². The number of rotatable bonds is 7. The van der Waals surface area contributed by atoms with Gasteiger partial charge < -0.3 is 10.1 Å². The fraction of sp³-hybridized carbons (Fsp3) is 0.222. The number of hydrogen-bond acceptors (Lipinski definition) is 5. The van der Waals surface area contributed by atoms with E-state index >= 15 is 0 Å². The van der Waals surface area contributed by atoms with Crippen molar-refractivity contribution in [3.63, 3.8) is 0 Å². The molecule has 0 saturated heterocycles. The van der Waals surface area contributed by atoms with E-state index in [9.17, 15) is 18.0 Å². The summed E-state index contributed by atoms with van der Waals surface area (Å²) in [5.41, 5.74) is 0.791. The van der Waals surface area contributed by atoms with E-state index in [1.54, 1.807) is 24.3 Å². The van der Waals surface area contributed by atoms with Crippen molar-refractivity contribution in [2.75, 3.05) is 26.0 Å². The van der Waals surface area contributed by atoms with E-state index in [0.717, 1.165) is 4.31 Å². The fourth-order valence-corrected chi connectivity index (χ4v) is 3.42. The van der Waals surface area contributed by atoms with Crippen LogP contribution in [0.1, 0.15) is 17.3 Å². The number of ether oxygens (including phenoxy) is 1. The van der Waals surface area contributed by atoms with Crippen LogP contribution in [-0.2, 0) is 14.8 Å². The molecule has 2 rings (SSSR count). The maximum Gasteiger partial charge on any atom is 0.243 e. The fourth-order valence-electron chi connectivity index (χ4n) is 2.24. The minimum atomic E-state index is -3.90. The number of carbonyl (C=O) groups excluding carboxylic acids is 2. The summed E-state index contributed by atoms with van der Waals surface area (Å²) in [5, 5.41) is 2.62. The number of carbonyl (C=O) groups is 2.